The molecule has 1 N–H and O–H groups in total. The average molecular weight is 348 g/mol. The van der Waals surface area contributed by atoms with Gasteiger partial charge in [-0.3, -0.25) is 0 Å². The fourth-order valence-corrected chi connectivity index (χ4v) is 4.38. The monoisotopic (exact) mass is 347 g/mol. The van der Waals surface area contributed by atoms with Crippen molar-refractivity contribution in [3.63, 3.8) is 0 Å². The molecule has 1 aliphatic heterocycles. The third-order valence-corrected chi connectivity index (χ3v) is 5.71. The predicted molar refractivity (Wildman–Crippen MR) is 80.2 cm³/mol. The van der Waals surface area contributed by atoms with E-state index in [1.807, 2.05) is 25.1 Å². The molecule has 1 heterocycles. The molecule has 1 aromatic rings. The highest BCUT2D eigenvalue weighted by Crippen LogP contribution is 2.32. The van der Waals surface area contributed by atoms with Crippen LogP contribution in [0.2, 0.25) is 0 Å². The van der Waals surface area contributed by atoms with E-state index >= 15 is 0 Å². The van der Waals surface area contributed by atoms with Crippen molar-refractivity contribution in [2.45, 2.75) is 26.0 Å². The quantitative estimate of drug-likeness (QED) is 0.890. The second-order valence-corrected chi connectivity index (χ2v) is 8.18. The normalized spacial score (nSPS) is 24.2. The summed E-state index contributed by atoms with van der Waals surface area (Å²) in [6.45, 7) is 4.10. The van der Waals surface area contributed by atoms with Crippen LogP contribution in [0.15, 0.2) is 22.7 Å². The Morgan fingerprint density at radius 3 is 2.74 bits per heavy atom. The second kappa shape index (κ2) is 5.42. The molecule has 1 aromatic carbocycles. The maximum absolute atomic E-state index is 11.6. The van der Waals surface area contributed by atoms with Crippen molar-refractivity contribution in [1.82, 2.24) is 0 Å². The number of hydrogen-bond donors (Lipinski definition) is 1. The fourth-order valence-electron chi connectivity index (χ4n) is 2.48. The molecule has 19 heavy (non-hydrogen) atoms. The van der Waals surface area contributed by atoms with Crippen LogP contribution in [0.4, 0.5) is 5.69 Å². The topological polar surface area (TPSA) is 57.6 Å². The van der Waals surface area contributed by atoms with Crippen LogP contribution in [0, 0.1) is 0 Å². The maximum atomic E-state index is 11.6. The zero-order valence-electron chi connectivity index (χ0n) is 11.0. The number of anilines is 1. The third kappa shape index (κ3) is 3.30. The Bertz CT molecular complexity index is 571. The predicted octanol–water partition coefficient (Wildman–Crippen LogP) is 2.13. The van der Waals surface area contributed by atoms with E-state index in [2.05, 4.69) is 20.8 Å². The van der Waals surface area contributed by atoms with Gasteiger partial charge in [0.2, 0.25) is 0 Å². The fraction of sp³-hybridized carbons (Fsp3) is 0.538. The van der Waals surface area contributed by atoms with Crippen LogP contribution >= 0.6 is 15.9 Å². The lowest BCUT2D eigenvalue weighted by molar-refractivity contribution is 0.199. The highest BCUT2D eigenvalue weighted by atomic mass is 79.9. The van der Waals surface area contributed by atoms with Gasteiger partial charge in [-0.25, -0.2) is 8.42 Å². The number of rotatable bonds is 2. The van der Waals surface area contributed by atoms with Gasteiger partial charge >= 0.3 is 0 Å². The standard InChI is InChI=1S/C13H18BrNO3S/c1-9-8-19(17,18)6-5-15(9)13-7-11(14)3-4-12(13)10(2)16/h3-4,7,9-10,16H,5-6,8H2,1-2H3. The molecule has 106 valence electrons. The van der Waals surface area contributed by atoms with Crippen LogP contribution in [0.5, 0.6) is 0 Å². The molecule has 0 saturated carbocycles. The van der Waals surface area contributed by atoms with Gasteiger partial charge in [0, 0.05) is 28.3 Å². The molecule has 1 saturated heterocycles. The Balaban J connectivity index is 2.39. The Hall–Kier alpha value is -0.590. The second-order valence-electron chi connectivity index (χ2n) is 5.04. The number of aliphatic hydroxyl groups excluding tert-OH is 1. The number of halogens is 1. The molecule has 1 aliphatic rings. The summed E-state index contributed by atoms with van der Waals surface area (Å²) in [6.07, 6.45) is -0.575. The van der Waals surface area contributed by atoms with Gasteiger partial charge in [-0.1, -0.05) is 22.0 Å². The van der Waals surface area contributed by atoms with E-state index in [-0.39, 0.29) is 17.5 Å². The first-order chi connectivity index (χ1) is 8.80. The zero-order valence-corrected chi connectivity index (χ0v) is 13.4. The van der Waals surface area contributed by atoms with Gasteiger partial charge in [-0.15, -0.1) is 0 Å². The van der Waals surface area contributed by atoms with E-state index in [0.717, 1.165) is 15.7 Å². The Labute approximate surface area is 122 Å². The van der Waals surface area contributed by atoms with Gasteiger partial charge in [0.15, 0.2) is 9.84 Å². The van der Waals surface area contributed by atoms with Gasteiger partial charge in [0.05, 0.1) is 17.6 Å². The molecule has 0 bridgehead atoms. The zero-order chi connectivity index (χ0) is 14.2. The summed E-state index contributed by atoms with van der Waals surface area (Å²) >= 11 is 3.43. The molecule has 2 unspecified atom stereocenters. The molecular weight excluding hydrogens is 330 g/mol. The van der Waals surface area contributed by atoms with Crippen LogP contribution < -0.4 is 4.90 Å². The number of benzene rings is 1. The van der Waals surface area contributed by atoms with E-state index in [9.17, 15) is 13.5 Å². The lowest BCUT2D eigenvalue weighted by Crippen LogP contribution is -2.47. The Kier molecular flexibility index (Phi) is 4.23. The highest BCUT2D eigenvalue weighted by molar-refractivity contribution is 9.10. The smallest absolute Gasteiger partial charge is 0.154 e. The van der Waals surface area contributed by atoms with Crippen molar-refractivity contribution in [2.24, 2.45) is 0 Å². The van der Waals surface area contributed by atoms with Gasteiger partial charge in [-0.05, 0) is 26.0 Å². The van der Waals surface area contributed by atoms with Crippen molar-refractivity contribution in [3.8, 4) is 0 Å². The highest BCUT2D eigenvalue weighted by Gasteiger charge is 2.29. The molecule has 0 radical (unpaired) electrons. The van der Waals surface area contributed by atoms with Gasteiger partial charge in [0.1, 0.15) is 0 Å². The largest absolute Gasteiger partial charge is 0.389 e. The summed E-state index contributed by atoms with van der Waals surface area (Å²) < 4.78 is 24.2. The minimum atomic E-state index is -2.93. The average Bonchev–Trinajstić information content (AvgIpc) is 2.27. The molecule has 0 aliphatic carbocycles. The summed E-state index contributed by atoms with van der Waals surface area (Å²) in [5.74, 6) is 0.335. The van der Waals surface area contributed by atoms with Crippen LogP contribution in [0.3, 0.4) is 0 Å². The van der Waals surface area contributed by atoms with E-state index in [1.165, 1.54) is 0 Å². The number of nitrogens with zero attached hydrogens (tertiary/aromatic N) is 1. The first-order valence-corrected chi connectivity index (χ1v) is 8.86. The first kappa shape index (κ1) is 14.8. The minimum Gasteiger partial charge on any atom is -0.389 e. The number of sulfone groups is 1. The molecule has 0 spiro atoms. The van der Waals surface area contributed by atoms with Crippen molar-refractivity contribution in [2.75, 3.05) is 23.0 Å². The SMILES string of the molecule is CC(O)c1ccc(Br)cc1N1CCS(=O)(=O)CC1C. The number of hydrogen-bond acceptors (Lipinski definition) is 4. The van der Waals surface area contributed by atoms with E-state index < -0.39 is 15.9 Å². The maximum Gasteiger partial charge on any atom is 0.154 e. The molecule has 2 atom stereocenters. The Morgan fingerprint density at radius 1 is 1.47 bits per heavy atom. The Morgan fingerprint density at radius 2 is 2.16 bits per heavy atom. The van der Waals surface area contributed by atoms with Gasteiger partial charge in [0.25, 0.3) is 0 Å². The molecule has 6 heteroatoms. The molecular formula is C13H18BrNO3S. The molecule has 1 fully saturated rings. The first-order valence-electron chi connectivity index (χ1n) is 6.25. The van der Waals surface area contributed by atoms with Crippen molar-refractivity contribution < 1.29 is 13.5 Å². The molecule has 0 aromatic heterocycles. The molecule has 2 rings (SSSR count). The summed E-state index contributed by atoms with van der Waals surface area (Å²) in [5.41, 5.74) is 1.74. The van der Waals surface area contributed by atoms with Crippen LogP contribution in [0.25, 0.3) is 0 Å². The van der Waals surface area contributed by atoms with E-state index in [1.54, 1.807) is 6.92 Å². The van der Waals surface area contributed by atoms with Crippen LogP contribution in [0.1, 0.15) is 25.5 Å². The third-order valence-electron chi connectivity index (χ3n) is 3.42. The van der Waals surface area contributed by atoms with Gasteiger partial charge in [-0.2, -0.15) is 0 Å². The lowest BCUT2D eigenvalue weighted by atomic mass is 10.1. The summed E-state index contributed by atoms with van der Waals surface area (Å²) in [7, 11) is -2.93. The summed E-state index contributed by atoms with van der Waals surface area (Å²) in [6, 6.07) is 5.62. The van der Waals surface area contributed by atoms with Crippen LogP contribution in [-0.4, -0.2) is 37.6 Å². The summed E-state index contributed by atoms with van der Waals surface area (Å²) in [5, 5.41) is 9.85. The van der Waals surface area contributed by atoms with Crippen molar-refractivity contribution in [3.05, 3.63) is 28.2 Å². The van der Waals surface area contributed by atoms with Crippen molar-refractivity contribution in [1.29, 1.82) is 0 Å². The molecule has 4 nitrogen and oxygen atoms in total. The van der Waals surface area contributed by atoms with Gasteiger partial charge < -0.3 is 10.0 Å². The van der Waals surface area contributed by atoms with E-state index in [0.29, 0.717) is 6.54 Å². The minimum absolute atomic E-state index is 0.0782. The van der Waals surface area contributed by atoms with Crippen LogP contribution in [-0.2, 0) is 9.84 Å². The van der Waals surface area contributed by atoms with E-state index in [4.69, 9.17) is 0 Å². The number of aliphatic hydroxyl groups is 1. The summed E-state index contributed by atoms with van der Waals surface area (Å²) in [4.78, 5) is 2.06. The van der Waals surface area contributed by atoms with Crippen molar-refractivity contribution >= 4 is 31.5 Å². The lowest BCUT2D eigenvalue weighted by Gasteiger charge is -2.36. The molecule has 0 amide bonds.